The molecule has 0 saturated carbocycles. The summed E-state index contributed by atoms with van der Waals surface area (Å²) in [6.45, 7) is 9.18. The van der Waals surface area contributed by atoms with Gasteiger partial charge in [0.25, 0.3) is 0 Å². The van der Waals surface area contributed by atoms with Crippen LogP contribution in [0.1, 0.15) is 39.0 Å². The average molecular weight is 285 g/mol. The molecule has 2 rings (SSSR count). The van der Waals surface area contributed by atoms with Crippen molar-refractivity contribution in [3.8, 4) is 11.6 Å². The number of hydrogen-bond acceptors (Lipinski definition) is 4. The molecular weight excluding hydrogens is 262 g/mol. The Labute approximate surface area is 126 Å². The molecule has 112 valence electrons. The van der Waals surface area contributed by atoms with Crippen LogP contribution in [0.4, 0.5) is 0 Å². The van der Waals surface area contributed by atoms with Crippen molar-refractivity contribution in [1.29, 1.82) is 0 Å². The summed E-state index contributed by atoms with van der Waals surface area (Å²) in [7, 11) is 0. The number of nitrogens with one attached hydrogen (secondary N) is 1. The predicted molar refractivity (Wildman–Crippen MR) is 84.5 cm³/mol. The van der Waals surface area contributed by atoms with Crippen LogP contribution in [0, 0.1) is 0 Å². The molecule has 4 nitrogen and oxygen atoms in total. The largest absolute Gasteiger partial charge is 0.437 e. The SMILES string of the molecule is CCc1ccccc1Oc1cnc(CNC(C)(C)C)cn1. The third-order valence-corrected chi connectivity index (χ3v) is 3.05. The molecular formula is C17H23N3O. The minimum absolute atomic E-state index is 0.0664. The molecule has 1 heterocycles. The third-order valence-electron chi connectivity index (χ3n) is 3.05. The molecule has 1 N–H and O–H groups in total. The molecule has 0 aliphatic heterocycles. The van der Waals surface area contributed by atoms with Crippen LogP contribution in [0.3, 0.4) is 0 Å². The Balaban J connectivity index is 2.02. The highest BCUT2D eigenvalue weighted by Gasteiger charge is 2.09. The first kappa shape index (κ1) is 15.4. The fourth-order valence-corrected chi connectivity index (χ4v) is 1.85. The maximum atomic E-state index is 5.81. The molecule has 0 saturated heterocycles. The molecule has 0 radical (unpaired) electrons. The highest BCUT2D eigenvalue weighted by molar-refractivity contribution is 5.35. The molecule has 0 spiro atoms. The molecule has 0 unspecified atom stereocenters. The standard InChI is InChI=1S/C17H23N3O/c1-5-13-8-6-7-9-15(13)21-16-12-18-14(10-19-16)11-20-17(2,3)4/h6-10,12,20H,5,11H2,1-4H3. The number of rotatable bonds is 5. The van der Waals surface area contributed by atoms with E-state index in [1.807, 2.05) is 18.2 Å². The Morgan fingerprint density at radius 1 is 1.10 bits per heavy atom. The molecule has 0 aliphatic carbocycles. The number of aryl methyl sites for hydroxylation is 1. The van der Waals surface area contributed by atoms with E-state index in [0.717, 1.165) is 23.4 Å². The smallest absolute Gasteiger partial charge is 0.237 e. The van der Waals surface area contributed by atoms with Gasteiger partial charge in [-0.15, -0.1) is 0 Å². The first-order chi connectivity index (χ1) is 9.98. The van der Waals surface area contributed by atoms with Crippen molar-refractivity contribution in [1.82, 2.24) is 15.3 Å². The third kappa shape index (κ3) is 4.83. The minimum Gasteiger partial charge on any atom is -0.437 e. The summed E-state index contributed by atoms with van der Waals surface area (Å²) >= 11 is 0. The van der Waals surface area contributed by atoms with Crippen molar-refractivity contribution in [2.45, 2.75) is 46.2 Å². The number of hydrogen-bond donors (Lipinski definition) is 1. The van der Waals surface area contributed by atoms with E-state index in [1.165, 1.54) is 0 Å². The van der Waals surface area contributed by atoms with E-state index in [-0.39, 0.29) is 5.54 Å². The lowest BCUT2D eigenvalue weighted by atomic mass is 10.1. The maximum absolute atomic E-state index is 5.81. The molecule has 4 heteroatoms. The second kappa shape index (κ2) is 6.68. The van der Waals surface area contributed by atoms with Crippen LogP contribution in [0.15, 0.2) is 36.7 Å². The fourth-order valence-electron chi connectivity index (χ4n) is 1.85. The maximum Gasteiger partial charge on any atom is 0.237 e. The number of aromatic nitrogens is 2. The van der Waals surface area contributed by atoms with Gasteiger partial charge in [-0.3, -0.25) is 4.98 Å². The molecule has 0 fully saturated rings. The lowest BCUT2D eigenvalue weighted by Gasteiger charge is -2.20. The van der Waals surface area contributed by atoms with E-state index in [4.69, 9.17) is 4.74 Å². The first-order valence-corrected chi connectivity index (χ1v) is 7.29. The van der Waals surface area contributed by atoms with Gasteiger partial charge in [0.2, 0.25) is 5.88 Å². The lowest BCUT2D eigenvalue weighted by Crippen LogP contribution is -2.35. The van der Waals surface area contributed by atoms with Crippen LogP contribution in [0.25, 0.3) is 0 Å². The Hall–Kier alpha value is -1.94. The van der Waals surface area contributed by atoms with Gasteiger partial charge in [0.15, 0.2) is 0 Å². The number of benzene rings is 1. The van der Waals surface area contributed by atoms with Crippen LogP contribution in [0.2, 0.25) is 0 Å². The summed E-state index contributed by atoms with van der Waals surface area (Å²) in [5, 5.41) is 3.38. The van der Waals surface area contributed by atoms with Gasteiger partial charge in [0.1, 0.15) is 5.75 Å². The van der Waals surface area contributed by atoms with E-state index in [1.54, 1.807) is 12.4 Å². The van der Waals surface area contributed by atoms with Crippen LogP contribution in [0.5, 0.6) is 11.6 Å². The van der Waals surface area contributed by atoms with Crippen LogP contribution < -0.4 is 10.1 Å². The Bertz CT molecular complexity index is 573. The molecule has 1 aromatic carbocycles. The Kier molecular flexibility index (Phi) is 4.91. The van der Waals surface area contributed by atoms with Crippen LogP contribution >= 0.6 is 0 Å². The number of ether oxygens (including phenoxy) is 1. The highest BCUT2D eigenvalue weighted by Crippen LogP contribution is 2.23. The predicted octanol–water partition coefficient (Wildman–Crippen LogP) is 3.72. The highest BCUT2D eigenvalue weighted by atomic mass is 16.5. The molecule has 0 amide bonds. The van der Waals surface area contributed by atoms with E-state index in [0.29, 0.717) is 12.4 Å². The van der Waals surface area contributed by atoms with Crippen LogP contribution in [-0.2, 0) is 13.0 Å². The molecule has 1 aromatic heterocycles. The van der Waals surface area contributed by atoms with Crippen molar-refractivity contribution in [2.24, 2.45) is 0 Å². The Morgan fingerprint density at radius 3 is 2.48 bits per heavy atom. The van der Waals surface area contributed by atoms with Gasteiger partial charge in [-0.2, -0.15) is 0 Å². The van der Waals surface area contributed by atoms with E-state index < -0.39 is 0 Å². The molecule has 2 aromatic rings. The molecule has 0 atom stereocenters. The zero-order valence-electron chi connectivity index (χ0n) is 13.2. The average Bonchev–Trinajstić information content (AvgIpc) is 2.46. The second-order valence-electron chi connectivity index (χ2n) is 6.01. The number of nitrogens with zero attached hydrogens (tertiary/aromatic N) is 2. The number of para-hydroxylation sites is 1. The van der Waals surface area contributed by atoms with Crippen LogP contribution in [-0.4, -0.2) is 15.5 Å². The first-order valence-electron chi connectivity index (χ1n) is 7.29. The van der Waals surface area contributed by atoms with Crippen molar-refractivity contribution < 1.29 is 4.74 Å². The summed E-state index contributed by atoms with van der Waals surface area (Å²) in [5.41, 5.74) is 2.13. The van der Waals surface area contributed by atoms with E-state index >= 15 is 0 Å². The molecule has 21 heavy (non-hydrogen) atoms. The molecule has 0 bridgehead atoms. The quantitative estimate of drug-likeness (QED) is 0.909. The topological polar surface area (TPSA) is 47.0 Å². The minimum atomic E-state index is 0.0664. The van der Waals surface area contributed by atoms with Gasteiger partial charge in [-0.05, 0) is 38.8 Å². The van der Waals surface area contributed by atoms with Crippen molar-refractivity contribution in [3.63, 3.8) is 0 Å². The van der Waals surface area contributed by atoms with Gasteiger partial charge in [-0.1, -0.05) is 25.1 Å². The van der Waals surface area contributed by atoms with Gasteiger partial charge >= 0.3 is 0 Å². The second-order valence-corrected chi connectivity index (χ2v) is 6.01. The fraction of sp³-hybridized carbons (Fsp3) is 0.412. The Morgan fingerprint density at radius 2 is 1.86 bits per heavy atom. The van der Waals surface area contributed by atoms with Gasteiger partial charge < -0.3 is 10.1 Å². The monoisotopic (exact) mass is 285 g/mol. The summed E-state index contributed by atoms with van der Waals surface area (Å²) in [6.07, 6.45) is 4.35. The zero-order chi connectivity index (χ0) is 15.3. The van der Waals surface area contributed by atoms with Gasteiger partial charge in [0.05, 0.1) is 18.1 Å². The molecule has 0 aliphatic rings. The van der Waals surface area contributed by atoms with E-state index in [2.05, 4.69) is 49.0 Å². The van der Waals surface area contributed by atoms with E-state index in [9.17, 15) is 0 Å². The van der Waals surface area contributed by atoms with Crippen molar-refractivity contribution >= 4 is 0 Å². The normalized spacial score (nSPS) is 11.4. The zero-order valence-corrected chi connectivity index (χ0v) is 13.2. The summed E-state index contributed by atoms with van der Waals surface area (Å²) in [4.78, 5) is 8.71. The summed E-state index contributed by atoms with van der Waals surface area (Å²) in [5.74, 6) is 1.37. The lowest BCUT2D eigenvalue weighted by molar-refractivity contribution is 0.418. The summed E-state index contributed by atoms with van der Waals surface area (Å²) < 4.78 is 5.81. The van der Waals surface area contributed by atoms with Gasteiger partial charge in [0, 0.05) is 12.1 Å². The van der Waals surface area contributed by atoms with Crippen molar-refractivity contribution in [2.75, 3.05) is 0 Å². The summed E-state index contributed by atoms with van der Waals surface area (Å²) in [6, 6.07) is 7.99. The van der Waals surface area contributed by atoms with Crippen molar-refractivity contribution in [3.05, 3.63) is 47.9 Å². The van der Waals surface area contributed by atoms with Gasteiger partial charge in [-0.25, -0.2) is 4.98 Å².